The van der Waals surface area contributed by atoms with E-state index in [1.54, 1.807) is 4.31 Å². The van der Waals surface area contributed by atoms with Crippen LogP contribution in [0.3, 0.4) is 0 Å². The molecular formula is C26H30Br2N2O5S. The van der Waals surface area contributed by atoms with Gasteiger partial charge in [-0.3, -0.25) is 4.79 Å². The summed E-state index contributed by atoms with van der Waals surface area (Å²) in [4.78, 5) is 25.1. The summed E-state index contributed by atoms with van der Waals surface area (Å²) in [6, 6.07) is 9.50. The van der Waals surface area contributed by atoms with Crippen molar-refractivity contribution in [3.05, 3.63) is 56.5 Å². The molecule has 1 heterocycles. The van der Waals surface area contributed by atoms with Gasteiger partial charge < -0.3 is 10.1 Å². The van der Waals surface area contributed by atoms with Crippen molar-refractivity contribution in [3.8, 4) is 0 Å². The second-order valence-electron chi connectivity index (χ2n) is 11.0. The highest BCUT2D eigenvalue weighted by Crippen LogP contribution is 2.53. The number of benzene rings is 2. The number of aryl methyl sites for hydroxylation is 1. The number of ether oxygens (including phenoxy) is 1. The number of sulfonamides is 1. The molecule has 1 aliphatic carbocycles. The van der Waals surface area contributed by atoms with Crippen molar-refractivity contribution < 1.29 is 22.7 Å². The van der Waals surface area contributed by atoms with Crippen molar-refractivity contribution in [2.75, 3.05) is 18.5 Å². The highest BCUT2D eigenvalue weighted by molar-refractivity contribution is 9.11. The van der Waals surface area contributed by atoms with Gasteiger partial charge in [0.2, 0.25) is 10.0 Å². The van der Waals surface area contributed by atoms with Gasteiger partial charge in [0, 0.05) is 21.5 Å². The van der Waals surface area contributed by atoms with Crippen LogP contribution in [0.5, 0.6) is 0 Å². The molecule has 2 bridgehead atoms. The van der Waals surface area contributed by atoms with Crippen LogP contribution in [0.1, 0.15) is 56.0 Å². The molecule has 2 fully saturated rings. The maximum Gasteiger partial charge on any atom is 0.338 e. The normalized spacial score (nSPS) is 23.3. The summed E-state index contributed by atoms with van der Waals surface area (Å²) >= 11 is 6.82. The van der Waals surface area contributed by atoms with E-state index in [1.165, 1.54) is 24.3 Å². The van der Waals surface area contributed by atoms with E-state index in [4.69, 9.17) is 4.74 Å². The number of amides is 1. The molecule has 7 nitrogen and oxygen atoms in total. The Morgan fingerprint density at radius 3 is 2.44 bits per heavy atom. The summed E-state index contributed by atoms with van der Waals surface area (Å²) in [6.07, 6.45) is 2.64. The number of rotatable bonds is 6. The molecule has 1 saturated heterocycles. The lowest BCUT2D eigenvalue weighted by molar-refractivity contribution is -0.119. The highest BCUT2D eigenvalue weighted by Gasteiger charge is 2.53. The molecule has 36 heavy (non-hydrogen) atoms. The first-order valence-corrected chi connectivity index (χ1v) is 14.8. The van der Waals surface area contributed by atoms with E-state index in [0.717, 1.165) is 24.8 Å². The van der Waals surface area contributed by atoms with Gasteiger partial charge in [-0.25, -0.2) is 13.2 Å². The molecule has 2 atom stereocenters. The van der Waals surface area contributed by atoms with Gasteiger partial charge in [-0.15, -0.1) is 0 Å². The van der Waals surface area contributed by atoms with Crippen LogP contribution in [0, 0.1) is 17.8 Å². The zero-order chi connectivity index (χ0) is 26.5. The van der Waals surface area contributed by atoms with Crippen molar-refractivity contribution >= 4 is 59.4 Å². The summed E-state index contributed by atoms with van der Waals surface area (Å²) in [5.41, 5.74) is 1.64. The van der Waals surface area contributed by atoms with Crippen LogP contribution >= 0.6 is 31.9 Å². The van der Waals surface area contributed by atoms with Gasteiger partial charge in [-0.1, -0.05) is 26.8 Å². The van der Waals surface area contributed by atoms with Crippen LogP contribution in [0.4, 0.5) is 5.69 Å². The average Bonchev–Trinajstić information content (AvgIpc) is 3.03. The Hall–Kier alpha value is -1.75. The third-order valence-corrected chi connectivity index (χ3v) is 9.97. The molecule has 0 radical (unpaired) electrons. The van der Waals surface area contributed by atoms with Gasteiger partial charge >= 0.3 is 5.97 Å². The molecule has 2 aromatic rings. The minimum Gasteiger partial charge on any atom is -0.452 e. The van der Waals surface area contributed by atoms with E-state index < -0.39 is 28.5 Å². The van der Waals surface area contributed by atoms with Crippen LogP contribution < -0.4 is 5.32 Å². The number of carbonyl (C=O) groups excluding carboxylic acids is 2. The number of fused-ring (bicyclic) bond motifs is 2. The lowest BCUT2D eigenvalue weighted by Gasteiger charge is -2.39. The van der Waals surface area contributed by atoms with E-state index >= 15 is 0 Å². The maximum absolute atomic E-state index is 13.6. The fourth-order valence-corrected chi connectivity index (χ4v) is 9.25. The van der Waals surface area contributed by atoms with Crippen molar-refractivity contribution in [3.63, 3.8) is 0 Å². The van der Waals surface area contributed by atoms with Crippen molar-refractivity contribution in [1.29, 1.82) is 0 Å². The Morgan fingerprint density at radius 1 is 1.11 bits per heavy atom. The average molecular weight is 642 g/mol. The Kier molecular flexibility index (Phi) is 7.47. The molecule has 4 rings (SSSR count). The largest absolute Gasteiger partial charge is 0.452 e. The summed E-state index contributed by atoms with van der Waals surface area (Å²) in [5.74, 6) is -1.28. The molecule has 1 amide bonds. The van der Waals surface area contributed by atoms with Gasteiger partial charge in [0.1, 0.15) is 0 Å². The minimum absolute atomic E-state index is 0.0508. The molecule has 194 valence electrons. The topological polar surface area (TPSA) is 92.8 Å². The van der Waals surface area contributed by atoms with E-state index in [2.05, 4.69) is 57.9 Å². The molecule has 1 aliphatic heterocycles. The van der Waals surface area contributed by atoms with Crippen molar-refractivity contribution in [2.24, 2.45) is 10.8 Å². The zero-order valence-electron chi connectivity index (χ0n) is 20.7. The van der Waals surface area contributed by atoms with Crippen LogP contribution in [0.15, 0.2) is 50.2 Å². The zero-order valence-corrected chi connectivity index (χ0v) is 24.7. The van der Waals surface area contributed by atoms with Gasteiger partial charge in [0.25, 0.3) is 5.91 Å². The van der Waals surface area contributed by atoms with Crippen molar-refractivity contribution in [1.82, 2.24) is 4.31 Å². The molecule has 0 aromatic heterocycles. The molecule has 1 saturated carbocycles. The number of halogens is 2. The lowest BCUT2D eigenvalue weighted by atomic mass is 9.65. The van der Waals surface area contributed by atoms with Gasteiger partial charge in [0.15, 0.2) is 6.61 Å². The maximum atomic E-state index is 13.6. The SMILES string of the molecule is Cc1cc(Br)c(NC(=O)COC(=O)c2cccc(S(=O)(=O)N3CC4(C)CC3CC(C)(C)C4)c2)c(Br)c1. The number of hydrogen-bond acceptors (Lipinski definition) is 5. The third kappa shape index (κ3) is 5.71. The lowest BCUT2D eigenvalue weighted by Crippen LogP contribution is -2.37. The molecular weight excluding hydrogens is 612 g/mol. The standard InChI is InChI=1S/C26H30Br2N2O5S/c1-16-8-20(27)23(21(28)9-16)29-22(31)13-35-24(32)17-6-5-7-19(10-17)36(33,34)30-15-26(4)12-18(30)11-25(2,3)14-26/h5-10,18H,11-15H2,1-4H3,(H,29,31). The summed E-state index contributed by atoms with van der Waals surface area (Å²) in [7, 11) is -3.79. The second kappa shape index (κ2) is 9.85. The first kappa shape index (κ1) is 27.3. The molecule has 2 unspecified atom stereocenters. The summed E-state index contributed by atoms with van der Waals surface area (Å²) < 4.78 is 35.3. The number of hydrogen-bond donors (Lipinski definition) is 1. The highest BCUT2D eigenvalue weighted by atomic mass is 79.9. The van der Waals surface area contributed by atoms with Crippen LogP contribution in [0.2, 0.25) is 0 Å². The van der Waals surface area contributed by atoms with E-state index in [1.807, 2.05) is 19.1 Å². The number of carbonyl (C=O) groups is 2. The third-order valence-electron chi connectivity index (χ3n) is 6.83. The van der Waals surface area contributed by atoms with Crippen LogP contribution in [-0.4, -0.2) is 43.8 Å². The minimum atomic E-state index is -3.79. The predicted octanol–water partition coefficient (Wildman–Crippen LogP) is 5.90. The number of nitrogens with one attached hydrogen (secondary N) is 1. The molecule has 2 aromatic carbocycles. The molecule has 10 heteroatoms. The second-order valence-corrected chi connectivity index (χ2v) is 14.6. The Balaban J connectivity index is 1.44. The van der Waals surface area contributed by atoms with Gasteiger partial charge in [0.05, 0.1) is 16.1 Å². The quantitative estimate of drug-likeness (QED) is 0.396. The monoisotopic (exact) mass is 640 g/mol. The molecule has 1 N–H and O–H groups in total. The van der Waals surface area contributed by atoms with E-state index in [0.29, 0.717) is 21.2 Å². The van der Waals surface area contributed by atoms with Crippen LogP contribution in [0.25, 0.3) is 0 Å². The number of nitrogens with zero attached hydrogens (tertiary/aromatic N) is 1. The first-order valence-electron chi connectivity index (χ1n) is 11.7. The number of esters is 1. The fourth-order valence-electron chi connectivity index (χ4n) is 5.82. The molecule has 2 aliphatic rings. The Labute approximate surface area is 229 Å². The van der Waals surface area contributed by atoms with Crippen molar-refractivity contribution in [2.45, 2.75) is 57.9 Å². The van der Waals surface area contributed by atoms with Gasteiger partial charge in [-0.2, -0.15) is 4.31 Å². The Morgan fingerprint density at radius 2 is 1.78 bits per heavy atom. The van der Waals surface area contributed by atoms with E-state index in [-0.39, 0.29) is 27.3 Å². The summed E-state index contributed by atoms with van der Waals surface area (Å²) in [6.45, 7) is 8.43. The van der Waals surface area contributed by atoms with Crippen LogP contribution in [-0.2, 0) is 19.6 Å². The predicted molar refractivity (Wildman–Crippen MR) is 145 cm³/mol. The number of anilines is 1. The fraction of sp³-hybridized carbons (Fsp3) is 0.462. The summed E-state index contributed by atoms with van der Waals surface area (Å²) in [5, 5.41) is 2.70. The first-order chi connectivity index (χ1) is 16.7. The molecule has 0 spiro atoms. The smallest absolute Gasteiger partial charge is 0.338 e. The Bertz CT molecular complexity index is 1300. The van der Waals surface area contributed by atoms with E-state index in [9.17, 15) is 18.0 Å². The van der Waals surface area contributed by atoms with Gasteiger partial charge in [-0.05, 0) is 105 Å².